The van der Waals surface area contributed by atoms with Gasteiger partial charge in [0.2, 0.25) is 5.88 Å². The van der Waals surface area contributed by atoms with E-state index in [2.05, 4.69) is 11.2 Å². The molecule has 0 aliphatic carbocycles. The fourth-order valence-electron chi connectivity index (χ4n) is 3.46. The van der Waals surface area contributed by atoms with Crippen LogP contribution in [0.15, 0.2) is 53.9 Å². The highest BCUT2D eigenvalue weighted by atomic mass is 16.5. The van der Waals surface area contributed by atoms with Crippen molar-refractivity contribution in [2.24, 2.45) is 5.73 Å². The fourth-order valence-corrected chi connectivity index (χ4v) is 3.46. The van der Waals surface area contributed by atoms with E-state index >= 15 is 0 Å². The predicted molar refractivity (Wildman–Crippen MR) is 117 cm³/mol. The molecule has 3 N–H and O–H groups in total. The van der Waals surface area contributed by atoms with E-state index in [0.29, 0.717) is 11.3 Å². The van der Waals surface area contributed by atoms with Crippen LogP contribution in [-0.4, -0.2) is 32.2 Å². The summed E-state index contributed by atoms with van der Waals surface area (Å²) in [5.74, 6) is 0.754. The number of ether oxygens (including phenoxy) is 3. The van der Waals surface area contributed by atoms with Crippen LogP contribution in [0.3, 0.4) is 0 Å². The summed E-state index contributed by atoms with van der Waals surface area (Å²) in [6.45, 7) is 1.70. The molecule has 1 unspecified atom stereocenters. The summed E-state index contributed by atoms with van der Waals surface area (Å²) in [7, 11) is 1.84. The molecule has 0 fully saturated rings. The smallest absolute Gasteiger partial charge is 0.340 e. The Morgan fingerprint density at radius 3 is 2.68 bits per heavy atom. The monoisotopic (exact) mass is 420 g/mol. The molecule has 0 saturated carbocycles. The van der Waals surface area contributed by atoms with Gasteiger partial charge >= 0.3 is 11.9 Å². The van der Waals surface area contributed by atoms with E-state index in [9.17, 15) is 9.59 Å². The highest BCUT2D eigenvalue weighted by molar-refractivity contribution is 5.93. The Morgan fingerprint density at radius 1 is 1.19 bits per heavy atom. The Kier molecular flexibility index (Phi) is 6.83. The molecule has 1 heterocycles. The molecule has 1 aliphatic rings. The Balaban J connectivity index is 2.06. The average molecular weight is 420 g/mol. The second-order valence-electron chi connectivity index (χ2n) is 6.81. The molecule has 0 spiro atoms. The minimum absolute atomic E-state index is 0.0909. The Bertz CT molecular complexity index is 1070. The molecule has 160 valence electrons. The lowest BCUT2D eigenvalue weighted by atomic mass is 9.84. The van der Waals surface area contributed by atoms with Crippen molar-refractivity contribution in [3.63, 3.8) is 0 Å². The van der Waals surface area contributed by atoms with E-state index < -0.39 is 17.9 Å². The number of terminal acetylenes is 1. The maximum absolute atomic E-state index is 12.6. The molecule has 0 amide bonds. The van der Waals surface area contributed by atoms with Gasteiger partial charge in [0.15, 0.2) is 6.61 Å². The molecule has 7 nitrogen and oxygen atoms in total. The summed E-state index contributed by atoms with van der Waals surface area (Å²) in [4.78, 5) is 25.0. The molecule has 0 saturated heterocycles. The van der Waals surface area contributed by atoms with Crippen LogP contribution < -0.4 is 15.8 Å². The van der Waals surface area contributed by atoms with Gasteiger partial charge in [0.1, 0.15) is 11.3 Å². The number of esters is 2. The summed E-state index contributed by atoms with van der Waals surface area (Å²) < 4.78 is 15.9. The van der Waals surface area contributed by atoms with Gasteiger partial charge in [-0.15, -0.1) is 6.42 Å². The largest absolute Gasteiger partial charge is 0.462 e. The second kappa shape index (κ2) is 9.72. The summed E-state index contributed by atoms with van der Waals surface area (Å²) in [5.41, 5.74) is 9.59. The molecule has 7 heteroatoms. The van der Waals surface area contributed by atoms with Crippen LogP contribution >= 0.6 is 0 Å². The van der Waals surface area contributed by atoms with Crippen molar-refractivity contribution in [1.29, 1.82) is 0 Å². The molecule has 0 radical (unpaired) electrons. The van der Waals surface area contributed by atoms with Crippen molar-refractivity contribution >= 4 is 17.6 Å². The van der Waals surface area contributed by atoms with E-state index in [1.165, 1.54) is 0 Å². The number of nitrogens with two attached hydrogens (primary N) is 1. The highest BCUT2D eigenvalue weighted by Crippen LogP contribution is 2.42. The van der Waals surface area contributed by atoms with Crippen LogP contribution in [0, 0.1) is 12.3 Å². The first-order valence-electron chi connectivity index (χ1n) is 9.84. The van der Waals surface area contributed by atoms with Crippen molar-refractivity contribution in [2.45, 2.75) is 19.3 Å². The van der Waals surface area contributed by atoms with Gasteiger partial charge in [-0.1, -0.05) is 24.1 Å². The molecule has 0 aromatic heterocycles. The lowest BCUT2D eigenvalue weighted by Crippen LogP contribution is -2.28. The molecule has 0 bridgehead atoms. The minimum Gasteiger partial charge on any atom is -0.462 e. The van der Waals surface area contributed by atoms with Crippen LogP contribution in [0.2, 0.25) is 0 Å². The maximum Gasteiger partial charge on any atom is 0.340 e. The van der Waals surface area contributed by atoms with Crippen molar-refractivity contribution in [3.05, 3.63) is 59.5 Å². The zero-order valence-corrected chi connectivity index (χ0v) is 17.4. The lowest BCUT2D eigenvalue weighted by molar-refractivity contribution is -0.142. The molecule has 2 aromatic rings. The number of rotatable bonds is 7. The zero-order chi connectivity index (χ0) is 22.4. The molecular weight excluding hydrogens is 396 g/mol. The molecule has 31 heavy (non-hydrogen) atoms. The Morgan fingerprint density at radius 2 is 1.97 bits per heavy atom. The third-order valence-electron chi connectivity index (χ3n) is 4.89. The first-order valence-corrected chi connectivity index (χ1v) is 9.84. The van der Waals surface area contributed by atoms with Crippen LogP contribution in [0.5, 0.6) is 5.75 Å². The number of fused-ring (bicyclic) bond motifs is 1. The van der Waals surface area contributed by atoms with Crippen LogP contribution in [0.25, 0.3) is 11.1 Å². The summed E-state index contributed by atoms with van der Waals surface area (Å²) in [6, 6.07) is 13.4. The first-order chi connectivity index (χ1) is 15.0. The predicted octanol–water partition coefficient (Wildman–Crippen LogP) is 3.17. The summed E-state index contributed by atoms with van der Waals surface area (Å²) >= 11 is 0. The van der Waals surface area contributed by atoms with Gasteiger partial charge in [0.05, 0.1) is 13.0 Å². The average Bonchev–Trinajstić information content (AvgIpc) is 2.77. The standard InChI is InChI=1S/C24H24N2O5/c1-4-11-30-21(27)14-19-18-13-16(15-7-6-8-17(12-15)26-3)9-10-20(18)31-23(25)22(19)24(28)29-5-2/h1,6-10,12-13,19,26H,5,11,14,25H2,2-3H3. The Hall–Kier alpha value is -3.92. The summed E-state index contributed by atoms with van der Waals surface area (Å²) in [6.07, 6.45) is 5.04. The maximum atomic E-state index is 12.6. The quantitative estimate of drug-likeness (QED) is 0.524. The van der Waals surface area contributed by atoms with Gasteiger partial charge in [-0.3, -0.25) is 4.79 Å². The van der Waals surface area contributed by atoms with E-state index in [1.807, 2.05) is 43.4 Å². The highest BCUT2D eigenvalue weighted by Gasteiger charge is 2.36. The van der Waals surface area contributed by atoms with E-state index in [0.717, 1.165) is 16.8 Å². The topological polar surface area (TPSA) is 99.9 Å². The van der Waals surface area contributed by atoms with Gasteiger partial charge in [0.25, 0.3) is 0 Å². The number of benzene rings is 2. The number of hydrogen-bond acceptors (Lipinski definition) is 7. The second-order valence-corrected chi connectivity index (χ2v) is 6.81. The van der Waals surface area contributed by atoms with Gasteiger partial charge in [-0.2, -0.15) is 0 Å². The number of anilines is 1. The van der Waals surface area contributed by atoms with Gasteiger partial charge in [0, 0.05) is 24.2 Å². The van der Waals surface area contributed by atoms with Crippen LogP contribution in [0.4, 0.5) is 5.69 Å². The molecule has 1 atom stereocenters. The summed E-state index contributed by atoms with van der Waals surface area (Å²) in [5, 5.41) is 3.11. The minimum atomic E-state index is -0.694. The number of hydrogen-bond donors (Lipinski definition) is 2. The molecular formula is C24H24N2O5. The Labute approximate surface area is 181 Å². The third-order valence-corrected chi connectivity index (χ3v) is 4.89. The zero-order valence-electron chi connectivity index (χ0n) is 17.4. The normalized spacial score (nSPS) is 14.7. The third kappa shape index (κ3) is 4.81. The molecule has 1 aliphatic heterocycles. The van der Waals surface area contributed by atoms with Crippen LogP contribution in [0.1, 0.15) is 24.8 Å². The van der Waals surface area contributed by atoms with Gasteiger partial charge in [-0.25, -0.2) is 4.79 Å². The number of nitrogens with one attached hydrogen (secondary N) is 1. The first kappa shape index (κ1) is 21.8. The van der Waals surface area contributed by atoms with Gasteiger partial charge in [-0.05, 0) is 42.3 Å². The van der Waals surface area contributed by atoms with E-state index in [4.69, 9.17) is 26.4 Å². The molecule has 2 aromatic carbocycles. The van der Waals surface area contributed by atoms with Crippen LogP contribution in [-0.2, 0) is 19.1 Å². The van der Waals surface area contributed by atoms with Crippen molar-refractivity contribution in [3.8, 4) is 29.2 Å². The molecule has 3 rings (SSSR count). The van der Waals surface area contributed by atoms with E-state index in [1.54, 1.807) is 13.0 Å². The fraction of sp³-hybridized carbons (Fsp3) is 0.250. The van der Waals surface area contributed by atoms with Crippen molar-refractivity contribution in [2.75, 3.05) is 25.6 Å². The SMILES string of the molecule is C#CCOC(=O)CC1C(C(=O)OCC)=C(N)Oc2ccc(-c3cccc(NC)c3)cc21. The lowest BCUT2D eigenvalue weighted by Gasteiger charge is -2.28. The van der Waals surface area contributed by atoms with Crippen molar-refractivity contribution in [1.82, 2.24) is 0 Å². The van der Waals surface area contributed by atoms with Gasteiger partial charge < -0.3 is 25.3 Å². The number of carbonyl (C=O) groups excluding carboxylic acids is 2. The van der Waals surface area contributed by atoms with E-state index in [-0.39, 0.29) is 31.1 Å². The number of carbonyl (C=O) groups is 2. The van der Waals surface area contributed by atoms with Crippen molar-refractivity contribution < 1.29 is 23.8 Å².